The van der Waals surface area contributed by atoms with E-state index in [-0.39, 0.29) is 34.8 Å². The van der Waals surface area contributed by atoms with Gasteiger partial charge in [0.1, 0.15) is 12.3 Å². The van der Waals surface area contributed by atoms with E-state index in [9.17, 15) is 18.7 Å². The number of hydrogen-bond donors (Lipinski definition) is 2. The molecule has 0 aliphatic carbocycles. The summed E-state index contributed by atoms with van der Waals surface area (Å²) in [6.45, 7) is 5.84. The molecule has 2 aromatic carbocycles. The van der Waals surface area contributed by atoms with Gasteiger partial charge in [-0.2, -0.15) is 5.10 Å². The van der Waals surface area contributed by atoms with Crippen LogP contribution in [-0.4, -0.2) is 62.9 Å². The average molecular weight is 525 g/mol. The maximum Gasteiger partial charge on any atom is 0.273 e. The lowest BCUT2D eigenvalue weighted by Crippen LogP contribution is -2.28. The molecule has 0 saturated heterocycles. The number of fused-ring (bicyclic) bond motifs is 1. The number of carbonyl (C=O) groups is 1. The number of nitrogens with zero attached hydrogens (tertiary/aromatic N) is 5. The van der Waals surface area contributed by atoms with Crippen molar-refractivity contribution < 1.29 is 23.4 Å². The third-order valence-corrected chi connectivity index (χ3v) is 6.26. The third kappa shape index (κ3) is 5.57. The molecule has 0 saturated carbocycles. The summed E-state index contributed by atoms with van der Waals surface area (Å²) in [5.41, 5.74) is 2.34. The van der Waals surface area contributed by atoms with E-state index in [2.05, 4.69) is 20.4 Å². The lowest BCUT2D eigenvalue weighted by atomic mass is 10.1. The Morgan fingerprint density at radius 3 is 2.66 bits per heavy atom. The first kappa shape index (κ1) is 26.9. The van der Waals surface area contributed by atoms with Gasteiger partial charge in [0.2, 0.25) is 0 Å². The maximum atomic E-state index is 13.6. The number of nitrogens with one attached hydrogen (secondary N) is 1. The number of rotatable bonds is 10. The molecule has 0 spiro atoms. The maximum absolute atomic E-state index is 13.6. The Bertz CT molecular complexity index is 1460. The highest BCUT2D eigenvalue weighted by molar-refractivity contribution is 6.05. The molecule has 2 aromatic heterocycles. The molecular weight excluding hydrogens is 494 g/mol. The van der Waals surface area contributed by atoms with Crippen molar-refractivity contribution in [2.45, 2.75) is 33.4 Å². The highest BCUT2D eigenvalue weighted by atomic mass is 19.3. The predicted molar refractivity (Wildman–Crippen MR) is 139 cm³/mol. The smallest absolute Gasteiger partial charge is 0.273 e. The van der Waals surface area contributed by atoms with E-state index in [0.717, 1.165) is 11.3 Å². The molecule has 0 atom stereocenters. The molecule has 4 aromatic rings. The number of hydrogen-bond acceptors (Lipinski definition) is 7. The Morgan fingerprint density at radius 1 is 1.21 bits per heavy atom. The highest BCUT2D eigenvalue weighted by Crippen LogP contribution is 2.32. The number of halogens is 2. The summed E-state index contributed by atoms with van der Waals surface area (Å²) in [5, 5.41) is 18.0. The second kappa shape index (κ2) is 11.5. The van der Waals surface area contributed by atoms with Crippen molar-refractivity contribution in [1.29, 1.82) is 0 Å². The van der Waals surface area contributed by atoms with Crippen molar-refractivity contribution in [2.75, 3.05) is 27.2 Å². The van der Waals surface area contributed by atoms with Crippen LogP contribution in [-0.2, 0) is 13.1 Å². The number of aromatic hydroxyl groups is 1. The Kier molecular flexibility index (Phi) is 8.16. The summed E-state index contributed by atoms with van der Waals surface area (Å²) in [6, 6.07) is 8.69. The Balaban J connectivity index is 1.75. The van der Waals surface area contributed by atoms with Crippen LogP contribution in [0.2, 0.25) is 0 Å². The number of aryl methyl sites for hydroxylation is 1. The van der Waals surface area contributed by atoms with E-state index in [1.54, 1.807) is 32.4 Å². The zero-order valence-electron chi connectivity index (χ0n) is 21.7. The number of aromatic nitrogens is 4. The molecule has 2 N–H and O–H groups in total. The third-order valence-electron chi connectivity index (χ3n) is 6.26. The van der Waals surface area contributed by atoms with Crippen LogP contribution in [0.3, 0.4) is 0 Å². The van der Waals surface area contributed by atoms with Gasteiger partial charge in [-0.05, 0) is 51.2 Å². The summed E-state index contributed by atoms with van der Waals surface area (Å²) >= 11 is 0. The molecule has 38 heavy (non-hydrogen) atoms. The summed E-state index contributed by atoms with van der Waals surface area (Å²) in [4.78, 5) is 24.1. The Hall–Kier alpha value is -4.12. The van der Waals surface area contributed by atoms with Crippen LogP contribution in [0.1, 0.15) is 40.7 Å². The van der Waals surface area contributed by atoms with Crippen LogP contribution in [0.15, 0.2) is 42.6 Å². The lowest BCUT2D eigenvalue weighted by molar-refractivity contribution is 0.0781. The SMILES string of the molecule is CCn1ncc(CN(C)C(=O)c2nc(-c3ccc(OCCNC)c(O)c3)nc3ccc(C(F)F)cc23)c1C. The minimum Gasteiger partial charge on any atom is -0.504 e. The quantitative estimate of drug-likeness (QED) is 0.298. The molecule has 200 valence electrons. The average Bonchev–Trinajstić information content (AvgIpc) is 3.26. The molecule has 1 amide bonds. The fraction of sp³-hybridized carbons (Fsp3) is 0.333. The molecule has 0 aliphatic rings. The zero-order valence-corrected chi connectivity index (χ0v) is 21.7. The number of amides is 1. The van der Waals surface area contributed by atoms with Crippen LogP contribution in [0.25, 0.3) is 22.3 Å². The number of carbonyl (C=O) groups excluding carboxylic acids is 1. The molecule has 0 unspecified atom stereocenters. The molecule has 0 radical (unpaired) electrons. The topological polar surface area (TPSA) is 105 Å². The van der Waals surface area contributed by atoms with Gasteiger partial charge in [0, 0.05) is 54.5 Å². The van der Waals surface area contributed by atoms with E-state index in [1.165, 1.54) is 29.2 Å². The van der Waals surface area contributed by atoms with Crippen molar-refractivity contribution in [1.82, 2.24) is 30.0 Å². The van der Waals surface area contributed by atoms with Gasteiger partial charge in [-0.15, -0.1) is 0 Å². The van der Waals surface area contributed by atoms with Crippen molar-refractivity contribution in [3.05, 3.63) is 65.1 Å². The lowest BCUT2D eigenvalue weighted by Gasteiger charge is -2.18. The first-order valence-corrected chi connectivity index (χ1v) is 12.2. The highest BCUT2D eigenvalue weighted by Gasteiger charge is 2.22. The number of likely N-dealkylation sites (N-methyl/N-ethyl adjacent to an activating group) is 1. The van der Waals surface area contributed by atoms with Gasteiger partial charge in [-0.1, -0.05) is 6.07 Å². The molecule has 0 fully saturated rings. The van der Waals surface area contributed by atoms with E-state index >= 15 is 0 Å². The van der Waals surface area contributed by atoms with Gasteiger partial charge >= 0.3 is 0 Å². The zero-order chi connectivity index (χ0) is 27.4. The van der Waals surface area contributed by atoms with E-state index in [1.807, 2.05) is 18.5 Å². The molecule has 2 heterocycles. The number of alkyl halides is 2. The van der Waals surface area contributed by atoms with Crippen LogP contribution >= 0.6 is 0 Å². The van der Waals surface area contributed by atoms with Crippen molar-refractivity contribution >= 4 is 16.8 Å². The number of benzene rings is 2. The van der Waals surface area contributed by atoms with Gasteiger partial charge < -0.3 is 20.1 Å². The van der Waals surface area contributed by atoms with Crippen LogP contribution in [0, 0.1) is 6.92 Å². The molecule has 0 bridgehead atoms. The van der Waals surface area contributed by atoms with E-state index in [4.69, 9.17) is 4.74 Å². The molecule has 9 nitrogen and oxygen atoms in total. The van der Waals surface area contributed by atoms with Crippen molar-refractivity contribution in [3.8, 4) is 22.9 Å². The van der Waals surface area contributed by atoms with Crippen molar-refractivity contribution in [2.24, 2.45) is 0 Å². The molecule has 4 rings (SSSR count). The number of ether oxygens (including phenoxy) is 1. The van der Waals surface area contributed by atoms with Gasteiger partial charge in [-0.3, -0.25) is 9.48 Å². The van der Waals surface area contributed by atoms with Crippen LogP contribution < -0.4 is 10.1 Å². The molecular formula is C27H30F2N6O3. The second-order valence-corrected chi connectivity index (χ2v) is 8.84. The normalized spacial score (nSPS) is 11.3. The Morgan fingerprint density at radius 2 is 2.00 bits per heavy atom. The van der Waals surface area contributed by atoms with E-state index < -0.39 is 12.3 Å². The van der Waals surface area contributed by atoms with Gasteiger partial charge in [0.05, 0.1) is 11.7 Å². The minimum atomic E-state index is -2.71. The van der Waals surface area contributed by atoms with Gasteiger partial charge in [-0.25, -0.2) is 18.7 Å². The van der Waals surface area contributed by atoms with Crippen LogP contribution in [0.4, 0.5) is 8.78 Å². The van der Waals surface area contributed by atoms with Gasteiger partial charge in [0.15, 0.2) is 17.3 Å². The van der Waals surface area contributed by atoms with E-state index in [0.29, 0.717) is 36.5 Å². The summed E-state index contributed by atoms with van der Waals surface area (Å²) in [7, 11) is 3.42. The summed E-state index contributed by atoms with van der Waals surface area (Å²) in [6.07, 6.45) is -1.00. The number of phenolic OH excluding ortho intramolecular Hbond substituents is 1. The first-order chi connectivity index (χ1) is 18.2. The fourth-order valence-electron chi connectivity index (χ4n) is 4.08. The number of phenols is 1. The summed E-state index contributed by atoms with van der Waals surface area (Å²) < 4.78 is 34.4. The van der Waals surface area contributed by atoms with Crippen LogP contribution in [0.5, 0.6) is 11.5 Å². The summed E-state index contributed by atoms with van der Waals surface area (Å²) in [5.74, 6) is -0.0924. The molecule has 0 aliphatic heterocycles. The molecule has 11 heteroatoms. The van der Waals surface area contributed by atoms with Crippen molar-refractivity contribution in [3.63, 3.8) is 0 Å². The monoisotopic (exact) mass is 524 g/mol. The first-order valence-electron chi connectivity index (χ1n) is 12.2. The Labute approximate surface area is 219 Å². The second-order valence-electron chi connectivity index (χ2n) is 8.84. The minimum absolute atomic E-state index is 0.00984. The van der Waals surface area contributed by atoms with Gasteiger partial charge in [0.25, 0.3) is 12.3 Å². The largest absolute Gasteiger partial charge is 0.504 e. The fourth-order valence-corrected chi connectivity index (χ4v) is 4.08. The standard InChI is InChI=1S/C27H30F2N6O3/c1-5-35-16(2)19(14-31-35)15-34(4)27(37)24-20-12-17(25(28)29)6-8-21(20)32-26(33-24)18-7-9-23(22(36)13-18)38-11-10-30-3/h6-9,12-14,25,30,36H,5,10-11,15H2,1-4H3. The predicted octanol–water partition coefficient (Wildman–Crippen LogP) is 4.34.